The summed E-state index contributed by atoms with van der Waals surface area (Å²) in [5, 5.41) is 0. The highest BCUT2D eigenvalue weighted by atomic mass is 19.1. The van der Waals surface area contributed by atoms with Gasteiger partial charge in [-0.1, -0.05) is 6.07 Å². The first-order chi connectivity index (χ1) is 9.16. The summed E-state index contributed by atoms with van der Waals surface area (Å²) < 4.78 is 29.0. The van der Waals surface area contributed by atoms with Gasteiger partial charge in [0.2, 0.25) is 0 Å². The van der Waals surface area contributed by atoms with Crippen molar-refractivity contribution in [3.8, 4) is 5.75 Å². The maximum Gasteiger partial charge on any atom is 0.166 e. The first-order valence-electron chi connectivity index (χ1n) is 6.15. The van der Waals surface area contributed by atoms with Gasteiger partial charge in [0.05, 0.1) is 12.2 Å². The van der Waals surface area contributed by atoms with E-state index in [4.69, 9.17) is 14.2 Å². The predicted octanol–water partition coefficient (Wildman–Crippen LogP) is 2.46. The van der Waals surface area contributed by atoms with Crippen LogP contribution in [-0.2, 0) is 9.47 Å². The van der Waals surface area contributed by atoms with E-state index in [0.29, 0.717) is 19.8 Å². The van der Waals surface area contributed by atoms with Crippen molar-refractivity contribution >= 4 is 5.78 Å². The van der Waals surface area contributed by atoms with Gasteiger partial charge in [0, 0.05) is 20.3 Å². The number of benzene rings is 1. The zero-order chi connectivity index (χ0) is 14.1. The van der Waals surface area contributed by atoms with Gasteiger partial charge in [0.1, 0.15) is 18.2 Å². The fourth-order valence-electron chi connectivity index (χ4n) is 1.58. The lowest BCUT2D eigenvalue weighted by molar-refractivity contribution is 0.0797. The number of rotatable bonds is 9. The fraction of sp³-hybridized carbons (Fsp3) is 0.500. The number of carbonyl (C=O) groups is 1. The quantitative estimate of drug-likeness (QED) is 0.511. The molecule has 0 saturated heterocycles. The number of ketones is 1. The number of hydrogen-bond acceptors (Lipinski definition) is 4. The van der Waals surface area contributed by atoms with Crippen molar-refractivity contribution in [1.29, 1.82) is 0 Å². The summed E-state index contributed by atoms with van der Waals surface area (Å²) in [5.41, 5.74) is -0.0121. The van der Waals surface area contributed by atoms with E-state index in [1.165, 1.54) is 19.1 Å². The van der Waals surface area contributed by atoms with Crippen LogP contribution in [0.1, 0.15) is 23.7 Å². The molecule has 0 aromatic heterocycles. The van der Waals surface area contributed by atoms with Crippen LogP contribution in [0.15, 0.2) is 18.2 Å². The molecule has 0 aliphatic carbocycles. The van der Waals surface area contributed by atoms with E-state index in [1.807, 2.05) is 0 Å². The van der Waals surface area contributed by atoms with Crippen molar-refractivity contribution in [2.24, 2.45) is 0 Å². The van der Waals surface area contributed by atoms with Gasteiger partial charge in [-0.3, -0.25) is 4.79 Å². The molecule has 0 N–H and O–H groups in total. The third-order valence-electron chi connectivity index (χ3n) is 2.45. The van der Waals surface area contributed by atoms with E-state index in [-0.39, 0.29) is 23.7 Å². The molecule has 0 amide bonds. The van der Waals surface area contributed by atoms with E-state index in [2.05, 4.69) is 0 Å². The van der Waals surface area contributed by atoms with Crippen molar-refractivity contribution in [2.45, 2.75) is 13.3 Å². The topological polar surface area (TPSA) is 44.8 Å². The number of hydrogen-bond donors (Lipinski definition) is 0. The van der Waals surface area contributed by atoms with E-state index in [9.17, 15) is 9.18 Å². The molecule has 0 fully saturated rings. The van der Waals surface area contributed by atoms with Gasteiger partial charge < -0.3 is 14.2 Å². The van der Waals surface area contributed by atoms with Crippen LogP contribution in [0.25, 0.3) is 0 Å². The maximum absolute atomic E-state index is 13.5. The number of carbonyl (C=O) groups excluding carboxylic acids is 1. The van der Waals surface area contributed by atoms with Crippen LogP contribution in [0.4, 0.5) is 4.39 Å². The largest absolute Gasteiger partial charge is 0.490 e. The molecule has 0 aliphatic rings. The molecular weight excluding hydrogens is 251 g/mol. The molecule has 0 unspecified atom stereocenters. The van der Waals surface area contributed by atoms with E-state index in [0.717, 1.165) is 6.42 Å². The van der Waals surface area contributed by atoms with Crippen LogP contribution in [0.3, 0.4) is 0 Å². The Hall–Kier alpha value is -1.46. The monoisotopic (exact) mass is 270 g/mol. The first kappa shape index (κ1) is 15.6. The smallest absolute Gasteiger partial charge is 0.166 e. The number of Topliss-reactive ketones (excluding diaryl/α,β-unsaturated/α-hetero) is 1. The molecule has 19 heavy (non-hydrogen) atoms. The van der Waals surface area contributed by atoms with Crippen molar-refractivity contribution in [3.63, 3.8) is 0 Å². The van der Waals surface area contributed by atoms with Gasteiger partial charge in [-0.05, 0) is 25.5 Å². The van der Waals surface area contributed by atoms with Crippen molar-refractivity contribution < 1.29 is 23.4 Å². The second-order valence-electron chi connectivity index (χ2n) is 3.98. The Balaban J connectivity index is 2.37. The Morgan fingerprint density at radius 3 is 2.68 bits per heavy atom. The molecule has 0 aliphatic heterocycles. The van der Waals surface area contributed by atoms with Gasteiger partial charge in [0.15, 0.2) is 5.78 Å². The molecule has 0 saturated carbocycles. The Kier molecular flexibility index (Phi) is 7.07. The summed E-state index contributed by atoms with van der Waals surface area (Å²) in [7, 11) is 1.64. The SMILES string of the molecule is COCCCOCCOc1cccc(F)c1C(C)=O. The van der Waals surface area contributed by atoms with Crippen molar-refractivity contribution in [1.82, 2.24) is 0 Å². The summed E-state index contributed by atoms with van der Waals surface area (Å²) in [6, 6.07) is 4.33. The van der Waals surface area contributed by atoms with Gasteiger partial charge in [0.25, 0.3) is 0 Å². The second kappa shape index (κ2) is 8.61. The minimum atomic E-state index is -0.564. The molecule has 4 nitrogen and oxygen atoms in total. The minimum absolute atomic E-state index is 0.0121. The molecule has 106 valence electrons. The number of methoxy groups -OCH3 is 1. The Morgan fingerprint density at radius 2 is 2.00 bits per heavy atom. The van der Waals surface area contributed by atoms with Gasteiger partial charge in [-0.2, -0.15) is 0 Å². The zero-order valence-corrected chi connectivity index (χ0v) is 11.3. The van der Waals surface area contributed by atoms with Crippen LogP contribution in [0, 0.1) is 5.82 Å². The lowest BCUT2D eigenvalue weighted by Gasteiger charge is -2.10. The molecule has 5 heteroatoms. The van der Waals surface area contributed by atoms with Gasteiger partial charge in [-0.15, -0.1) is 0 Å². The van der Waals surface area contributed by atoms with Crippen LogP contribution in [0.5, 0.6) is 5.75 Å². The average molecular weight is 270 g/mol. The Bertz CT molecular complexity index is 406. The van der Waals surface area contributed by atoms with Crippen LogP contribution < -0.4 is 4.74 Å². The summed E-state index contributed by atoms with van der Waals surface area (Å²) in [5.74, 6) is -0.659. The number of ether oxygens (including phenoxy) is 3. The summed E-state index contributed by atoms with van der Waals surface area (Å²) in [4.78, 5) is 11.3. The molecule has 1 rings (SSSR count). The molecular formula is C14H19FO4. The highest BCUT2D eigenvalue weighted by Gasteiger charge is 2.13. The van der Waals surface area contributed by atoms with E-state index < -0.39 is 5.82 Å². The summed E-state index contributed by atoms with van der Waals surface area (Å²) in [6.45, 7) is 3.21. The molecule has 0 atom stereocenters. The Labute approximate surface area is 112 Å². The lowest BCUT2D eigenvalue weighted by Crippen LogP contribution is -2.11. The molecule has 1 aromatic carbocycles. The van der Waals surface area contributed by atoms with Crippen molar-refractivity contribution in [2.75, 3.05) is 33.5 Å². The molecule has 0 spiro atoms. The molecule has 1 aromatic rings. The van der Waals surface area contributed by atoms with Crippen molar-refractivity contribution in [3.05, 3.63) is 29.6 Å². The zero-order valence-electron chi connectivity index (χ0n) is 11.3. The van der Waals surface area contributed by atoms with Gasteiger partial charge >= 0.3 is 0 Å². The van der Waals surface area contributed by atoms with Crippen LogP contribution >= 0.6 is 0 Å². The maximum atomic E-state index is 13.5. The standard InChI is InChI=1S/C14H19FO4/c1-11(16)14-12(15)5-3-6-13(14)19-10-9-18-8-4-7-17-2/h3,5-6H,4,7-10H2,1-2H3. The van der Waals surface area contributed by atoms with Crippen LogP contribution in [0.2, 0.25) is 0 Å². The fourth-order valence-corrected chi connectivity index (χ4v) is 1.58. The highest BCUT2D eigenvalue weighted by molar-refractivity contribution is 5.97. The molecule has 0 bridgehead atoms. The highest BCUT2D eigenvalue weighted by Crippen LogP contribution is 2.21. The Morgan fingerprint density at radius 1 is 1.21 bits per heavy atom. The third-order valence-corrected chi connectivity index (χ3v) is 2.45. The minimum Gasteiger partial charge on any atom is -0.490 e. The third kappa shape index (κ3) is 5.36. The molecule has 0 radical (unpaired) electrons. The van der Waals surface area contributed by atoms with E-state index >= 15 is 0 Å². The normalized spacial score (nSPS) is 10.5. The summed E-state index contributed by atoms with van der Waals surface area (Å²) >= 11 is 0. The molecule has 0 heterocycles. The summed E-state index contributed by atoms with van der Waals surface area (Å²) in [6.07, 6.45) is 0.815. The van der Waals surface area contributed by atoms with Crippen LogP contribution in [-0.4, -0.2) is 39.3 Å². The first-order valence-corrected chi connectivity index (χ1v) is 6.15. The van der Waals surface area contributed by atoms with Gasteiger partial charge in [-0.25, -0.2) is 4.39 Å². The average Bonchev–Trinajstić information content (AvgIpc) is 2.37. The van der Waals surface area contributed by atoms with E-state index in [1.54, 1.807) is 13.2 Å². The predicted molar refractivity (Wildman–Crippen MR) is 69.2 cm³/mol. The second-order valence-corrected chi connectivity index (χ2v) is 3.98. The lowest BCUT2D eigenvalue weighted by atomic mass is 10.1. The number of halogens is 1.